The first-order valence-electron chi connectivity index (χ1n) is 5.98. The number of rotatable bonds is 4. The highest BCUT2D eigenvalue weighted by atomic mass is 35.5. The Balaban J connectivity index is 1.99. The van der Waals surface area contributed by atoms with E-state index in [1.165, 1.54) is 12.1 Å². The lowest BCUT2D eigenvalue weighted by Crippen LogP contribution is -2.18. The van der Waals surface area contributed by atoms with Crippen LogP contribution in [0.15, 0.2) is 42.5 Å². The molecule has 19 heavy (non-hydrogen) atoms. The van der Waals surface area contributed by atoms with Crippen LogP contribution in [0.4, 0.5) is 4.39 Å². The smallest absolute Gasteiger partial charge is 0.123 e. The molecule has 0 spiro atoms. The second kappa shape index (κ2) is 6.38. The predicted molar refractivity (Wildman–Crippen MR) is 78.1 cm³/mol. The lowest BCUT2D eigenvalue weighted by molar-refractivity contribution is 0.571. The third-order valence-corrected chi connectivity index (χ3v) is 3.34. The molecule has 0 amide bonds. The molecule has 1 N–H and O–H groups in total. The minimum Gasteiger partial charge on any atom is -0.306 e. The highest BCUT2D eigenvalue weighted by Crippen LogP contribution is 2.20. The number of hydrogen-bond acceptors (Lipinski definition) is 1. The standard InChI is InChI=1S/C15H14Cl2FN/c1-10(12-2-4-15(18)5-3-12)19-9-11-6-13(16)8-14(17)7-11/h2-8,10,19H,9H2,1H3/t10-/m1/s1. The molecule has 2 aromatic carbocycles. The van der Waals surface area contributed by atoms with Crippen molar-refractivity contribution in [3.8, 4) is 0 Å². The fourth-order valence-electron chi connectivity index (χ4n) is 1.85. The molecule has 0 aliphatic rings. The molecule has 0 aromatic heterocycles. The van der Waals surface area contributed by atoms with Crippen LogP contribution in [0.2, 0.25) is 10.0 Å². The Bertz CT molecular complexity index is 534. The molecule has 2 rings (SSSR count). The molecule has 0 heterocycles. The minimum absolute atomic E-state index is 0.123. The maximum atomic E-state index is 12.8. The van der Waals surface area contributed by atoms with Crippen LogP contribution in [0.3, 0.4) is 0 Å². The average Bonchev–Trinajstić information content (AvgIpc) is 2.36. The van der Waals surface area contributed by atoms with Crippen LogP contribution in [-0.2, 0) is 6.54 Å². The second-order valence-corrected chi connectivity index (χ2v) is 5.30. The van der Waals surface area contributed by atoms with Crippen molar-refractivity contribution in [1.82, 2.24) is 5.32 Å². The predicted octanol–water partition coefficient (Wildman–Crippen LogP) is 4.98. The summed E-state index contributed by atoms with van der Waals surface area (Å²) in [6.45, 7) is 2.68. The topological polar surface area (TPSA) is 12.0 Å². The van der Waals surface area contributed by atoms with Crippen molar-refractivity contribution < 1.29 is 4.39 Å². The van der Waals surface area contributed by atoms with Gasteiger partial charge >= 0.3 is 0 Å². The van der Waals surface area contributed by atoms with Gasteiger partial charge in [-0.3, -0.25) is 0 Å². The Hall–Kier alpha value is -1.09. The van der Waals surface area contributed by atoms with Crippen molar-refractivity contribution in [2.75, 3.05) is 0 Å². The minimum atomic E-state index is -0.224. The van der Waals surface area contributed by atoms with E-state index >= 15 is 0 Å². The third kappa shape index (κ3) is 4.20. The maximum absolute atomic E-state index is 12.8. The molecule has 1 nitrogen and oxygen atoms in total. The van der Waals surface area contributed by atoms with E-state index in [0.29, 0.717) is 16.6 Å². The van der Waals surface area contributed by atoms with Crippen molar-refractivity contribution in [3.63, 3.8) is 0 Å². The number of halogens is 3. The highest BCUT2D eigenvalue weighted by molar-refractivity contribution is 6.34. The van der Waals surface area contributed by atoms with Gasteiger partial charge in [0.25, 0.3) is 0 Å². The number of hydrogen-bond donors (Lipinski definition) is 1. The van der Waals surface area contributed by atoms with Crippen molar-refractivity contribution in [3.05, 3.63) is 69.5 Å². The molecule has 0 radical (unpaired) electrons. The summed E-state index contributed by atoms with van der Waals surface area (Å²) < 4.78 is 12.8. The van der Waals surface area contributed by atoms with E-state index < -0.39 is 0 Å². The van der Waals surface area contributed by atoms with Crippen molar-refractivity contribution in [2.24, 2.45) is 0 Å². The van der Waals surface area contributed by atoms with E-state index in [4.69, 9.17) is 23.2 Å². The van der Waals surface area contributed by atoms with Crippen LogP contribution in [-0.4, -0.2) is 0 Å². The van der Waals surface area contributed by atoms with Gasteiger partial charge in [-0.15, -0.1) is 0 Å². The van der Waals surface area contributed by atoms with E-state index in [9.17, 15) is 4.39 Å². The highest BCUT2D eigenvalue weighted by Gasteiger charge is 2.05. The summed E-state index contributed by atoms with van der Waals surface area (Å²) >= 11 is 11.9. The van der Waals surface area contributed by atoms with Gasteiger partial charge in [-0.25, -0.2) is 4.39 Å². The Kier molecular flexibility index (Phi) is 4.81. The van der Waals surface area contributed by atoms with E-state index in [1.54, 1.807) is 18.2 Å². The van der Waals surface area contributed by atoms with Crippen molar-refractivity contribution >= 4 is 23.2 Å². The summed E-state index contributed by atoms with van der Waals surface area (Å²) in [6.07, 6.45) is 0. The van der Waals surface area contributed by atoms with Gasteiger partial charge in [0.05, 0.1) is 0 Å². The van der Waals surface area contributed by atoms with Gasteiger partial charge in [0, 0.05) is 22.6 Å². The number of nitrogens with one attached hydrogen (secondary N) is 1. The zero-order chi connectivity index (χ0) is 13.8. The largest absolute Gasteiger partial charge is 0.306 e. The molecule has 0 saturated carbocycles. The summed E-state index contributed by atoms with van der Waals surface area (Å²) in [4.78, 5) is 0. The summed E-state index contributed by atoms with van der Waals surface area (Å²) in [6, 6.07) is 12.0. The van der Waals surface area contributed by atoms with Crippen molar-refractivity contribution in [2.45, 2.75) is 19.5 Å². The van der Waals surface area contributed by atoms with E-state index in [1.807, 2.05) is 19.1 Å². The lowest BCUT2D eigenvalue weighted by Gasteiger charge is -2.14. The van der Waals surface area contributed by atoms with Gasteiger partial charge in [0.2, 0.25) is 0 Å². The number of benzene rings is 2. The molecule has 0 aliphatic heterocycles. The average molecular weight is 298 g/mol. The first kappa shape index (κ1) is 14.3. The van der Waals surface area contributed by atoms with Crippen LogP contribution in [0, 0.1) is 5.82 Å². The lowest BCUT2D eigenvalue weighted by atomic mass is 10.1. The molecular formula is C15H14Cl2FN. The molecule has 0 fully saturated rings. The van der Waals surface area contributed by atoms with Crippen molar-refractivity contribution in [1.29, 1.82) is 0 Å². The van der Waals surface area contributed by atoms with Gasteiger partial charge in [-0.1, -0.05) is 35.3 Å². The fraction of sp³-hybridized carbons (Fsp3) is 0.200. The van der Waals surface area contributed by atoms with Crippen LogP contribution >= 0.6 is 23.2 Å². The van der Waals surface area contributed by atoms with Crippen LogP contribution < -0.4 is 5.32 Å². The van der Waals surface area contributed by atoms with Gasteiger partial charge in [0.15, 0.2) is 0 Å². The van der Waals surface area contributed by atoms with Gasteiger partial charge in [-0.2, -0.15) is 0 Å². The summed E-state index contributed by atoms with van der Waals surface area (Å²) in [5.41, 5.74) is 2.06. The normalized spacial score (nSPS) is 12.4. The summed E-state index contributed by atoms with van der Waals surface area (Å²) in [5.74, 6) is -0.224. The molecular weight excluding hydrogens is 284 g/mol. The fourth-order valence-corrected chi connectivity index (χ4v) is 2.42. The molecule has 0 saturated heterocycles. The Labute approximate surface area is 122 Å². The monoisotopic (exact) mass is 297 g/mol. The zero-order valence-corrected chi connectivity index (χ0v) is 12.0. The van der Waals surface area contributed by atoms with Gasteiger partial charge in [0.1, 0.15) is 5.82 Å². The van der Waals surface area contributed by atoms with E-state index in [0.717, 1.165) is 11.1 Å². The SMILES string of the molecule is C[C@@H](NCc1cc(Cl)cc(Cl)c1)c1ccc(F)cc1. The summed E-state index contributed by atoms with van der Waals surface area (Å²) in [5, 5.41) is 4.60. The zero-order valence-electron chi connectivity index (χ0n) is 10.5. The Morgan fingerprint density at radius 1 is 1.05 bits per heavy atom. The van der Waals surface area contributed by atoms with E-state index in [-0.39, 0.29) is 11.9 Å². The first-order chi connectivity index (χ1) is 9.04. The first-order valence-corrected chi connectivity index (χ1v) is 6.74. The van der Waals surface area contributed by atoms with Crippen LogP contribution in [0.5, 0.6) is 0 Å². The molecule has 0 aliphatic carbocycles. The van der Waals surface area contributed by atoms with Gasteiger partial charge in [-0.05, 0) is 48.4 Å². The van der Waals surface area contributed by atoms with Crippen LogP contribution in [0.1, 0.15) is 24.1 Å². The van der Waals surface area contributed by atoms with Crippen LogP contribution in [0.25, 0.3) is 0 Å². The molecule has 0 unspecified atom stereocenters. The van der Waals surface area contributed by atoms with Gasteiger partial charge < -0.3 is 5.32 Å². The molecule has 4 heteroatoms. The molecule has 2 aromatic rings. The quantitative estimate of drug-likeness (QED) is 0.839. The molecule has 1 atom stereocenters. The van der Waals surface area contributed by atoms with E-state index in [2.05, 4.69) is 5.32 Å². The molecule has 0 bridgehead atoms. The summed E-state index contributed by atoms with van der Waals surface area (Å²) in [7, 11) is 0. The maximum Gasteiger partial charge on any atom is 0.123 e. The molecule has 100 valence electrons. The third-order valence-electron chi connectivity index (χ3n) is 2.90. The second-order valence-electron chi connectivity index (χ2n) is 4.43. The Morgan fingerprint density at radius 3 is 2.21 bits per heavy atom. The Morgan fingerprint density at radius 2 is 1.63 bits per heavy atom.